The zero-order valence-corrected chi connectivity index (χ0v) is 10.7. The SMILES string of the molecule is O=C(O)c1cccnc1N1CCCc2cc(F)ccc21. The van der Waals surface area contributed by atoms with Gasteiger partial charge >= 0.3 is 5.97 Å². The van der Waals surface area contributed by atoms with Crippen molar-refractivity contribution in [3.63, 3.8) is 0 Å². The van der Waals surface area contributed by atoms with E-state index in [4.69, 9.17) is 0 Å². The van der Waals surface area contributed by atoms with Crippen LogP contribution in [0.1, 0.15) is 22.3 Å². The van der Waals surface area contributed by atoms with Gasteiger partial charge < -0.3 is 10.0 Å². The Labute approximate surface area is 115 Å². The van der Waals surface area contributed by atoms with E-state index in [1.807, 2.05) is 4.90 Å². The van der Waals surface area contributed by atoms with Crippen molar-refractivity contribution >= 4 is 17.5 Å². The highest BCUT2D eigenvalue weighted by Gasteiger charge is 2.23. The minimum atomic E-state index is -1.01. The van der Waals surface area contributed by atoms with E-state index in [0.29, 0.717) is 12.4 Å². The van der Waals surface area contributed by atoms with Crippen LogP contribution in [-0.2, 0) is 6.42 Å². The zero-order chi connectivity index (χ0) is 14.1. The summed E-state index contributed by atoms with van der Waals surface area (Å²) in [5.41, 5.74) is 1.88. The number of rotatable bonds is 2. The molecule has 102 valence electrons. The lowest BCUT2D eigenvalue weighted by atomic mass is 10.0. The molecular weight excluding hydrogens is 259 g/mol. The van der Waals surface area contributed by atoms with Gasteiger partial charge in [-0.2, -0.15) is 0 Å². The summed E-state index contributed by atoms with van der Waals surface area (Å²) in [6.07, 6.45) is 3.20. The second-order valence-electron chi connectivity index (χ2n) is 4.71. The van der Waals surface area contributed by atoms with E-state index in [9.17, 15) is 14.3 Å². The largest absolute Gasteiger partial charge is 0.478 e. The van der Waals surface area contributed by atoms with Crippen molar-refractivity contribution in [2.75, 3.05) is 11.4 Å². The average molecular weight is 272 g/mol. The molecule has 1 aromatic heterocycles. The van der Waals surface area contributed by atoms with Crippen LogP contribution in [0.5, 0.6) is 0 Å². The van der Waals surface area contributed by atoms with Crippen LogP contribution in [0.3, 0.4) is 0 Å². The van der Waals surface area contributed by atoms with E-state index in [0.717, 1.165) is 24.1 Å². The lowest BCUT2D eigenvalue weighted by Crippen LogP contribution is -2.27. The number of nitrogens with zero attached hydrogens (tertiary/aromatic N) is 2. The number of anilines is 2. The molecule has 5 heteroatoms. The monoisotopic (exact) mass is 272 g/mol. The molecule has 1 aliphatic rings. The maximum Gasteiger partial charge on any atom is 0.339 e. The smallest absolute Gasteiger partial charge is 0.339 e. The molecular formula is C15H13FN2O2. The van der Waals surface area contributed by atoms with Crippen LogP contribution < -0.4 is 4.90 Å². The fourth-order valence-corrected chi connectivity index (χ4v) is 2.56. The Morgan fingerprint density at radius 1 is 1.35 bits per heavy atom. The highest BCUT2D eigenvalue weighted by atomic mass is 19.1. The molecule has 3 rings (SSSR count). The lowest BCUT2D eigenvalue weighted by molar-refractivity contribution is 0.0697. The number of halogens is 1. The summed E-state index contributed by atoms with van der Waals surface area (Å²) in [4.78, 5) is 17.3. The summed E-state index contributed by atoms with van der Waals surface area (Å²) in [7, 11) is 0. The fourth-order valence-electron chi connectivity index (χ4n) is 2.56. The first-order chi connectivity index (χ1) is 9.66. The third-order valence-corrected chi connectivity index (χ3v) is 3.43. The van der Waals surface area contributed by atoms with Crippen molar-refractivity contribution in [3.05, 3.63) is 53.5 Å². The number of aromatic nitrogens is 1. The predicted octanol–water partition coefficient (Wildman–Crippen LogP) is 3.00. The average Bonchev–Trinajstić information content (AvgIpc) is 2.46. The summed E-state index contributed by atoms with van der Waals surface area (Å²) < 4.78 is 13.3. The van der Waals surface area contributed by atoms with E-state index >= 15 is 0 Å². The number of aromatic carboxylic acids is 1. The highest BCUT2D eigenvalue weighted by molar-refractivity contribution is 5.94. The molecule has 0 amide bonds. The maximum absolute atomic E-state index is 13.3. The molecule has 20 heavy (non-hydrogen) atoms. The van der Waals surface area contributed by atoms with Crippen molar-refractivity contribution in [3.8, 4) is 0 Å². The Morgan fingerprint density at radius 2 is 2.20 bits per heavy atom. The van der Waals surface area contributed by atoms with Crippen LogP contribution in [0.4, 0.5) is 15.9 Å². The summed E-state index contributed by atoms with van der Waals surface area (Å²) in [6, 6.07) is 7.71. The third kappa shape index (κ3) is 2.11. The Bertz CT molecular complexity index is 673. The van der Waals surface area contributed by atoms with Crippen LogP contribution in [-0.4, -0.2) is 22.6 Å². The van der Waals surface area contributed by atoms with Crippen molar-refractivity contribution in [2.24, 2.45) is 0 Å². The van der Waals surface area contributed by atoms with Gasteiger partial charge in [0, 0.05) is 18.4 Å². The third-order valence-electron chi connectivity index (χ3n) is 3.43. The van der Waals surface area contributed by atoms with Crippen molar-refractivity contribution in [1.29, 1.82) is 0 Å². The second-order valence-corrected chi connectivity index (χ2v) is 4.71. The number of aryl methyl sites for hydroxylation is 1. The Balaban J connectivity index is 2.12. The highest BCUT2D eigenvalue weighted by Crippen LogP contribution is 2.34. The quantitative estimate of drug-likeness (QED) is 0.913. The second kappa shape index (κ2) is 4.92. The summed E-state index contributed by atoms with van der Waals surface area (Å²) >= 11 is 0. The number of carboxylic acid groups (broad SMARTS) is 1. The van der Waals surface area contributed by atoms with Gasteiger partial charge in [0.25, 0.3) is 0 Å². The number of benzene rings is 1. The molecule has 1 N–H and O–H groups in total. The normalized spacial score (nSPS) is 13.9. The molecule has 4 nitrogen and oxygen atoms in total. The topological polar surface area (TPSA) is 53.4 Å². The number of carboxylic acids is 1. The number of carbonyl (C=O) groups is 1. The molecule has 1 aromatic carbocycles. The van der Waals surface area contributed by atoms with E-state index < -0.39 is 5.97 Å². The van der Waals surface area contributed by atoms with E-state index in [-0.39, 0.29) is 11.4 Å². The Kier molecular flexibility index (Phi) is 3.10. The van der Waals surface area contributed by atoms with Gasteiger partial charge in [-0.3, -0.25) is 0 Å². The van der Waals surface area contributed by atoms with Crippen molar-refractivity contribution in [1.82, 2.24) is 4.98 Å². The van der Waals surface area contributed by atoms with Crippen LogP contribution >= 0.6 is 0 Å². The molecule has 0 saturated heterocycles. The van der Waals surface area contributed by atoms with Crippen LogP contribution in [0.25, 0.3) is 0 Å². The summed E-state index contributed by atoms with van der Waals surface area (Å²) in [6.45, 7) is 0.677. The molecule has 0 radical (unpaired) electrons. The predicted molar refractivity (Wildman–Crippen MR) is 72.9 cm³/mol. The summed E-state index contributed by atoms with van der Waals surface area (Å²) in [5.74, 6) is -0.875. The van der Waals surface area contributed by atoms with E-state index in [2.05, 4.69) is 4.98 Å². The van der Waals surface area contributed by atoms with Gasteiger partial charge in [-0.25, -0.2) is 14.2 Å². The Hall–Kier alpha value is -2.43. The van der Waals surface area contributed by atoms with E-state index in [1.54, 1.807) is 18.3 Å². The molecule has 0 atom stereocenters. The van der Waals surface area contributed by atoms with Gasteiger partial charge in [-0.1, -0.05) is 0 Å². The number of hydrogen-bond acceptors (Lipinski definition) is 3. The molecule has 0 unspecified atom stereocenters. The van der Waals surface area contributed by atoms with Gasteiger partial charge in [0.2, 0.25) is 0 Å². The van der Waals surface area contributed by atoms with E-state index in [1.165, 1.54) is 18.2 Å². The molecule has 2 heterocycles. The number of pyridine rings is 1. The van der Waals surface area contributed by atoms with Crippen LogP contribution in [0, 0.1) is 5.82 Å². The van der Waals surface area contributed by atoms with Gasteiger partial charge in [-0.15, -0.1) is 0 Å². The van der Waals surface area contributed by atoms with Gasteiger partial charge in [0.05, 0.1) is 0 Å². The van der Waals surface area contributed by atoms with Gasteiger partial charge in [0.15, 0.2) is 0 Å². The van der Waals surface area contributed by atoms with Gasteiger partial charge in [-0.05, 0) is 48.7 Å². The molecule has 1 aliphatic heterocycles. The Morgan fingerprint density at radius 3 is 3.00 bits per heavy atom. The molecule has 0 spiro atoms. The lowest BCUT2D eigenvalue weighted by Gasteiger charge is -2.31. The molecule has 0 saturated carbocycles. The van der Waals surface area contributed by atoms with Crippen molar-refractivity contribution in [2.45, 2.75) is 12.8 Å². The maximum atomic E-state index is 13.3. The van der Waals surface area contributed by atoms with Crippen LogP contribution in [0.15, 0.2) is 36.5 Å². The molecule has 2 aromatic rings. The van der Waals surface area contributed by atoms with Gasteiger partial charge in [0.1, 0.15) is 17.2 Å². The number of fused-ring (bicyclic) bond motifs is 1. The molecule has 0 fully saturated rings. The molecule has 0 aliphatic carbocycles. The van der Waals surface area contributed by atoms with Crippen molar-refractivity contribution < 1.29 is 14.3 Å². The first-order valence-electron chi connectivity index (χ1n) is 6.41. The molecule has 0 bridgehead atoms. The standard InChI is InChI=1S/C15H13FN2O2/c16-11-5-6-13-10(9-11)3-2-8-18(13)14-12(15(19)20)4-1-7-17-14/h1,4-7,9H,2-3,8H2,(H,19,20). The van der Waals surface area contributed by atoms with Crippen LogP contribution in [0.2, 0.25) is 0 Å². The minimum Gasteiger partial charge on any atom is -0.478 e. The minimum absolute atomic E-state index is 0.157. The first kappa shape index (κ1) is 12.6. The number of hydrogen-bond donors (Lipinski definition) is 1. The summed E-state index contributed by atoms with van der Waals surface area (Å²) in [5, 5.41) is 9.26. The fraction of sp³-hybridized carbons (Fsp3) is 0.200. The first-order valence-corrected chi connectivity index (χ1v) is 6.41. The zero-order valence-electron chi connectivity index (χ0n) is 10.7.